The van der Waals surface area contributed by atoms with Crippen molar-refractivity contribution in [3.63, 3.8) is 0 Å². The van der Waals surface area contributed by atoms with Gasteiger partial charge in [0.2, 0.25) is 5.82 Å². The SMILES string of the molecule is C=Cn1c(C=O)nnc1/C=C(\C)Br. The highest BCUT2D eigenvalue weighted by molar-refractivity contribution is 9.11. The highest BCUT2D eigenvalue weighted by Gasteiger charge is 2.05. The minimum Gasteiger partial charge on any atom is -0.294 e. The molecule has 5 heteroatoms. The molecule has 0 radical (unpaired) electrons. The molecule has 1 rings (SSSR count). The Morgan fingerprint density at radius 2 is 2.15 bits per heavy atom. The molecule has 0 spiro atoms. The first-order valence-corrected chi connectivity index (χ1v) is 4.34. The van der Waals surface area contributed by atoms with Crippen molar-refractivity contribution in [1.29, 1.82) is 0 Å². The van der Waals surface area contributed by atoms with Crippen molar-refractivity contribution < 1.29 is 4.79 Å². The van der Waals surface area contributed by atoms with Crippen LogP contribution in [0, 0.1) is 0 Å². The molecule has 1 aromatic rings. The van der Waals surface area contributed by atoms with Gasteiger partial charge in [-0.1, -0.05) is 22.5 Å². The van der Waals surface area contributed by atoms with Crippen molar-refractivity contribution in [3.05, 3.63) is 22.7 Å². The summed E-state index contributed by atoms with van der Waals surface area (Å²) in [7, 11) is 0. The van der Waals surface area contributed by atoms with Gasteiger partial charge in [0.05, 0.1) is 0 Å². The van der Waals surface area contributed by atoms with Crippen molar-refractivity contribution >= 4 is 34.5 Å². The molecule has 0 N–H and O–H groups in total. The molecule has 4 nitrogen and oxygen atoms in total. The molecule has 0 atom stereocenters. The summed E-state index contributed by atoms with van der Waals surface area (Å²) in [6.07, 6.45) is 3.88. The number of rotatable bonds is 3. The molecule has 0 aliphatic heterocycles. The number of nitrogens with zero attached hydrogens (tertiary/aromatic N) is 3. The molecule has 1 heterocycles. The molecule has 0 amide bonds. The van der Waals surface area contributed by atoms with Crippen molar-refractivity contribution in [1.82, 2.24) is 14.8 Å². The molecule has 68 valence electrons. The van der Waals surface area contributed by atoms with Crippen LogP contribution in [0.25, 0.3) is 12.3 Å². The number of aromatic nitrogens is 3. The van der Waals surface area contributed by atoms with Gasteiger partial charge in [-0.15, -0.1) is 10.2 Å². The second-order valence-electron chi connectivity index (χ2n) is 2.32. The van der Waals surface area contributed by atoms with E-state index in [-0.39, 0.29) is 5.82 Å². The van der Waals surface area contributed by atoms with Gasteiger partial charge in [-0.25, -0.2) is 0 Å². The third-order valence-corrected chi connectivity index (χ3v) is 1.59. The van der Waals surface area contributed by atoms with Gasteiger partial charge in [-0.3, -0.25) is 9.36 Å². The number of aldehydes is 1. The first-order valence-electron chi connectivity index (χ1n) is 3.55. The van der Waals surface area contributed by atoms with Crippen molar-refractivity contribution in [2.24, 2.45) is 0 Å². The van der Waals surface area contributed by atoms with Crippen LogP contribution in [0.5, 0.6) is 0 Å². The lowest BCUT2D eigenvalue weighted by molar-refractivity contribution is 0.111. The van der Waals surface area contributed by atoms with Crippen molar-refractivity contribution in [3.8, 4) is 0 Å². The van der Waals surface area contributed by atoms with Gasteiger partial charge in [-0.05, 0) is 17.5 Å². The lowest BCUT2D eigenvalue weighted by Gasteiger charge is -1.95. The Morgan fingerprint density at radius 1 is 1.54 bits per heavy atom. The Morgan fingerprint density at radius 3 is 2.62 bits per heavy atom. The number of allylic oxidation sites excluding steroid dienone is 1. The van der Waals surface area contributed by atoms with Crippen molar-refractivity contribution in [2.75, 3.05) is 0 Å². The van der Waals surface area contributed by atoms with Gasteiger partial charge in [-0.2, -0.15) is 0 Å². The topological polar surface area (TPSA) is 47.8 Å². The van der Waals surface area contributed by atoms with Crippen LogP contribution in [0.1, 0.15) is 23.4 Å². The Kier molecular flexibility index (Phi) is 3.13. The summed E-state index contributed by atoms with van der Waals surface area (Å²) >= 11 is 3.26. The zero-order valence-electron chi connectivity index (χ0n) is 7.07. The maximum absolute atomic E-state index is 10.5. The largest absolute Gasteiger partial charge is 0.294 e. The summed E-state index contributed by atoms with van der Waals surface area (Å²) in [5, 5.41) is 7.47. The zero-order valence-corrected chi connectivity index (χ0v) is 8.65. The first kappa shape index (κ1) is 9.85. The smallest absolute Gasteiger partial charge is 0.201 e. The number of halogens is 1. The van der Waals surface area contributed by atoms with E-state index < -0.39 is 0 Å². The van der Waals surface area contributed by atoms with E-state index in [2.05, 4.69) is 32.7 Å². The van der Waals surface area contributed by atoms with E-state index in [1.54, 1.807) is 6.08 Å². The average molecular weight is 242 g/mol. The Bertz CT molecular complexity index is 363. The maximum atomic E-state index is 10.5. The highest BCUT2D eigenvalue weighted by atomic mass is 79.9. The summed E-state index contributed by atoms with van der Waals surface area (Å²) in [6, 6.07) is 0. The average Bonchev–Trinajstić information content (AvgIpc) is 2.45. The molecule has 0 aliphatic carbocycles. The van der Waals surface area contributed by atoms with E-state index in [1.165, 1.54) is 10.8 Å². The summed E-state index contributed by atoms with van der Waals surface area (Å²) in [4.78, 5) is 10.5. The molecule has 0 unspecified atom stereocenters. The van der Waals surface area contributed by atoms with Crippen LogP contribution in [0.2, 0.25) is 0 Å². The molecular weight excluding hydrogens is 234 g/mol. The van der Waals surface area contributed by atoms with Crippen LogP contribution in [0.3, 0.4) is 0 Å². The van der Waals surface area contributed by atoms with Gasteiger partial charge in [0.15, 0.2) is 12.1 Å². The van der Waals surface area contributed by atoms with Crippen LogP contribution in [-0.2, 0) is 0 Å². The van der Waals surface area contributed by atoms with Gasteiger partial charge >= 0.3 is 0 Å². The highest BCUT2D eigenvalue weighted by Crippen LogP contribution is 2.10. The van der Waals surface area contributed by atoms with E-state index in [9.17, 15) is 4.79 Å². The summed E-state index contributed by atoms with van der Waals surface area (Å²) < 4.78 is 2.41. The quantitative estimate of drug-likeness (QED) is 0.761. The number of hydrogen-bond acceptors (Lipinski definition) is 3. The maximum Gasteiger partial charge on any atom is 0.201 e. The molecule has 0 aliphatic rings. The second kappa shape index (κ2) is 4.13. The van der Waals surface area contributed by atoms with Crippen LogP contribution in [-0.4, -0.2) is 21.1 Å². The normalized spacial score (nSPS) is 11.4. The second-order valence-corrected chi connectivity index (χ2v) is 3.57. The van der Waals surface area contributed by atoms with E-state index in [0.717, 1.165) is 4.48 Å². The van der Waals surface area contributed by atoms with E-state index >= 15 is 0 Å². The van der Waals surface area contributed by atoms with Crippen LogP contribution < -0.4 is 0 Å². The molecular formula is C8H8BrN3O. The Balaban J connectivity index is 3.23. The fraction of sp³-hybridized carbons (Fsp3) is 0.125. The Labute approximate surface area is 84.1 Å². The lowest BCUT2D eigenvalue weighted by atomic mass is 10.5. The molecule has 0 fully saturated rings. The van der Waals surface area contributed by atoms with Crippen LogP contribution in [0.4, 0.5) is 0 Å². The van der Waals surface area contributed by atoms with Gasteiger partial charge in [0.1, 0.15) is 0 Å². The molecule has 1 aromatic heterocycles. The third-order valence-electron chi connectivity index (χ3n) is 1.36. The lowest BCUT2D eigenvalue weighted by Crippen LogP contribution is -1.95. The first-order chi connectivity index (χ1) is 6.19. The molecule has 13 heavy (non-hydrogen) atoms. The predicted molar refractivity (Wildman–Crippen MR) is 54.4 cm³/mol. The fourth-order valence-electron chi connectivity index (χ4n) is 0.860. The van der Waals surface area contributed by atoms with Gasteiger partial charge < -0.3 is 0 Å². The van der Waals surface area contributed by atoms with E-state index in [4.69, 9.17) is 0 Å². The number of carbonyl (C=O) groups excluding carboxylic acids is 1. The molecule has 0 bridgehead atoms. The summed E-state index contributed by atoms with van der Waals surface area (Å²) in [6.45, 7) is 5.42. The standard InChI is InChI=1S/C8H8BrN3O/c1-3-12-7(4-6(2)9)10-11-8(12)5-13/h3-5H,1H2,2H3/b6-4+. The zero-order chi connectivity index (χ0) is 9.84. The molecule has 0 saturated carbocycles. The predicted octanol–water partition coefficient (Wildman–Crippen LogP) is 1.95. The van der Waals surface area contributed by atoms with Crippen molar-refractivity contribution in [2.45, 2.75) is 6.92 Å². The molecule has 0 aromatic carbocycles. The number of hydrogen-bond donors (Lipinski definition) is 0. The minimum absolute atomic E-state index is 0.245. The van der Waals surface area contributed by atoms with Gasteiger partial charge in [0.25, 0.3) is 0 Å². The minimum atomic E-state index is 0.245. The number of carbonyl (C=O) groups is 1. The van der Waals surface area contributed by atoms with Crippen LogP contribution >= 0.6 is 15.9 Å². The van der Waals surface area contributed by atoms with Gasteiger partial charge in [0, 0.05) is 6.20 Å². The Hall–Kier alpha value is -1.23. The summed E-state index contributed by atoms with van der Waals surface area (Å²) in [5.74, 6) is 0.821. The van der Waals surface area contributed by atoms with E-state index in [0.29, 0.717) is 12.1 Å². The third kappa shape index (κ3) is 2.12. The molecule has 0 saturated heterocycles. The summed E-state index contributed by atoms with van der Waals surface area (Å²) in [5.41, 5.74) is 0. The van der Waals surface area contributed by atoms with E-state index in [1.807, 2.05) is 6.92 Å². The van der Waals surface area contributed by atoms with Crippen LogP contribution in [0.15, 0.2) is 11.1 Å². The monoisotopic (exact) mass is 241 g/mol. The fourth-order valence-corrected chi connectivity index (χ4v) is 1.06.